The Morgan fingerprint density at radius 3 is 2.90 bits per heavy atom. The number of nitrogens with one attached hydrogen (secondary N) is 3. The van der Waals surface area contributed by atoms with Crippen molar-refractivity contribution in [2.75, 3.05) is 0 Å². The van der Waals surface area contributed by atoms with Crippen LogP contribution >= 0.6 is 0 Å². The number of urea groups is 1. The SMILES string of the molecule is CC(C)[C@H](NC(=O)NC1CC1)c1nc(-c2ncn[nH]2)no1. The Morgan fingerprint density at radius 2 is 2.29 bits per heavy atom. The third-order valence-electron chi connectivity index (χ3n) is 3.20. The van der Waals surface area contributed by atoms with Gasteiger partial charge in [0.25, 0.3) is 0 Å². The molecule has 1 atom stereocenters. The first kappa shape index (κ1) is 13.5. The van der Waals surface area contributed by atoms with Gasteiger partial charge in [0.05, 0.1) is 0 Å². The van der Waals surface area contributed by atoms with E-state index in [9.17, 15) is 4.79 Å². The van der Waals surface area contributed by atoms with Gasteiger partial charge in [-0.25, -0.2) is 9.78 Å². The van der Waals surface area contributed by atoms with Crippen LogP contribution < -0.4 is 10.6 Å². The number of carbonyl (C=O) groups excluding carboxylic acids is 1. The zero-order valence-corrected chi connectivity index (χ0v) is 11.8. The van der Waals surface area contributed by atoms with Gasteiger partial charge in [-0.15, -0.1) is 0 Å². The van der Waals surface area contributed by atoms with Gasteiger partial charge < -0.3 is 15.2 Å². The van der Waals surface area contributed by atoms with Gasteiger partial charge in [-0.3, -0.25) is 5.10 Å². The van der Waals surface area contributed by atoms with Crippen molar-refractivity contribution in [3.05, 3.63) is 12.2 Å². The molecule has 0 aliphatic heterocycles. The summed E-state index contributed by atoms with van der Waals surface area (Å²) >= 11 is 0. The van der Waals surface area contributed by atoms with Crippen molar-refractivity contribution in [2.45, 2.75) is 38.8 Å². The predicted octanol–water partition coefficient (Wildman–Crippen LogP) is 1.01. The van der Waals surface area contributed by atoms with Crippen LogP contribution in [0.2, 0.25) is 0 Å². The third-order valence-corrected chi connectivity index (χ3v) is 3.20. The third kappa shape index (κ3) is 3.18. The molecule has 1 aliphatic carbocycles. The van der Waals surface area contributed by atoms with Crippen molar-refractivity contribution in [1.29, 1.82) is 0 Å². The summed E-state index contributed by atoms with van der Waals surface area (Å²) in [5.74, 6) is 1.20. The molecule has 2 heterocycles. The van der Waals surface area contributed by atoms with Crippen LogP contribution in [-0.2, 0) is 0 Å². The van der Waals surface area contributed by atoms with Gasteiger partial charge in [-0.2, -0.15) is 10.1 Å². The quantitative estimate of drug-likeness (QED) is 0.756. The van der Waals surface area contributed by atoms with Crippen LogP contribution in [0.25, 0.3) is 11.6 Å². The zero-order chi connectivity index (χ0) is 14.8. The van der Waals surface area contributed by atoms with Gasteiger partial charge in [-0.05, 0) is 18.8 Å². The predicted molar refractivity (Wildman–Crippen MR) is 71.9 cm³/mol. The normalized spacial score (nSPS) is 16.0. The lowest BCUT2D eigenvalue weighted by atomic mass is 10.0. The van der Waals surface area contributed by atoms with E-state index >= 15 is 0 Å². The molecule has 1 aliphatic rings. The highest BCUT2D eigenvalue weighted by atomic mass is 16.5. The minimum absolute atomic E-state index is 0.109. The van der Waals surface area contributed by atoms with E-state index in [1.165, 1.54) is 6.33 Å². The Labute approximate surface area is 120 Å². The van der Waals surface area contributed by atoms with Gasteiger partial charge in [0, 0.05) is 6.04 Å². The van der Waals surface area contributed by atoms with Crippen molar-refractivity contribution in [3.63, 3.8) is 0 Å². The molecule has 1 saturated carbocycles. The second-order valence-electron chi connectivity index (χ2n) is 5.40. The molecule has 112 valence electrons. The number of hydrogen-bond acceptors (Lipinski definition) is 6. The summed E-state index contributed by atoms with van der Waals surface area (Å²) in [5.41, 5.74) is 0. The molecule has 1 fully saturated rings. The Kier molecular flexibility index (Phi) is 3.55. The number of hydrogen-bond donors (Lipinski definition) is 3. The molecule has 0 spiro atoms. The number of rotatable bonds is 5. The standard InChI is InChI=1S/C12H17N7O2/c1-6(2)8(16-12(20)15-7-3-4-7)11-17-10(19-21-11)9-13-5-14-18-9/h5-8H,3-4H2,1-2H3,(H,13,14,18)(H2,15,16,20)/t8-/m0/s1. The molecule has 0 aromatic carbocycles. The Bertz CT molecular complexity index is 603. The monoisotopic (exact) mass is 291 g/mol. The maximum Gasteiger partial charge on any atom is 0.315 e. The summed E-state index contributed by atoms with van der Waals surface area (Å²) in [6, 6.07) is -0.270. The summed E-state index contributed by atoms with van der Waals surface area (Å²) in [4.78, 5) is 20.1. The van der Waals surface area contributed by atoms with Crippen LogP contribution in [0.3, 0.4) is 0 Å². The van der Waals surface area contributed by atoms with Crippen molar-refractivity contribution in [1.82, 2.24) is 36.0 Å². The van der Waals surface area contributed by atoms with E-state index < -0.39 is 0 Å². The first-order valence-electron chi connectivity index (χ1n) is 6.90. The fourth-order valence-electron chi connectivity index (χ4n) is 1.88. The topological polar surface area (TPSA) is 122 Å². The van der Waals surface area contributed by atoms with Gasteiger partial charge in [-0.1, -0.05) is 19.0 Å². The van der Waals surface area contributed by atoms with Crippen LogP contribution in [0.4, 0.5) is 4.79 Å². The largest absolute Gasteiger partial charge is 0.337 e. The number of aromatic amines is 1. The molecule has 0 unspecified atom stereocenters. The number of nitrogens with zero attached hydrogens (tertiary/aromatic N) is 4. The van der Waals surface area contributed by atoms with Crippen molar-refractivity contribution in [2.24, 2.45) is 5.92 Å². The lowest BCUT2D eigenvalue weighted by Gasteiger charge is -2.18. The second kappa shape index (κ2) is 5.51. The van der Waals surface area contributed by atoms with E-state index in [0.29, 0.717) is 23.6 Å². The highest BCUT2D eigenvalue weighted by Gasteiger charge is 2.28. The average Bonchev–Trinajstić information content (AvgIpc) is 2.97. The summed E-state index contributed by atoms with van der Waals surface area (Å²) in [7, 11) is 0. The van der Waals surface area contributed by atoms with Gasteiger partial charge >= 0.3 is 6.03 Å². The van der Waals surface area contributed by atoms with E-state index in [1.807, 2.05) is 13.8 Å². The first-order valence-corrected chi connectivity index (χ1v) is 6.90. The summed E-state index contributed by atoms with van der Waals surface area (Å²) in [6.45, 7) is 3.95. The maximum absolute atomic E-state index is 11.9. The summed E-state index contributed by atoms with van der Waals surface area (Å²) < 4.78 is 5.24. The smallest absolute Gasteiger partial charge is 0.315 e. The van der Waals surface area contributed by atoms with Crippen molar-refractivity contribution >= 4 is 6.03 Å². The minimum atomic E-state index is -0.354. The molecule has 0 bridgehead atoms. The van der Waals surface area contributed by atoms with Crippen LogP contribution in [0.5, 0.6) is 0 Å². The van der Waals surface area contributed by atoms with E-state index in [0.717, 1.165) is 12.8 Å². The Hall–Kier alpha value is -2.45. The van der Waals surface area contributed by atoms with E-state index in [1.54, 1.807) is 0 Å². The Balaban J connectivity index is 1.72. The van der Waals surface area contributed by atoms with Gasteiger partial charge in [0.1, 0.15) is 12.4 Å². The Morgan fingerprint density at radius 1 is 1.48 bits per heavy atom. The van der Waals surface area contributed by atoms with E-state index in [-0.39, 0.29) is 18.0 Å². The second-order valence-corrected chi connectivity index (χ2v) is 5.40. The molecule has 3 rings (SSSR count). The fraction of sp³-hybridized carbons (Fsp3) is 0.583. The number of aromatic nitrogens is 5. The highest BCUT2D eigenvalue weighted by Crippen LogP contribution is 2.23. The summed E-state index contributed by atoms with van der Waals surface area (Å²) in [5, 5.41) is 16.0. The van der Waals surface area contributed by atoms with E-state index in [4.69, 9.17) is 4.52 Å². The van der Waals surface area contributed by atoms with E-state index in [2.05, 4.69) is 36.0 Å². The molecule has 0 radical (unpaired) electrons. The molecule has 2 aromatic rings. The number of amides is 2. The fourth-order valence-corrected chi connectivity index (χ4v) is 1.88. The number of carbonyl (C=O) groups is 1. The lowest BCUT2D eigenvalue weighted by Crippen LogP contribution is -2.40. The molecule has 2 amide bonds. The zero-order valence-electron chi connectivity index (χ0n) is 11.8. The molecule has 0 saturated heterocycles. The molecular weight excluding hydrogens is 274 g/mol. The molecule has 9 nitrogen and oxygen atoms in total. The summed E-state index contributed by atoms with van der Waals surface area (Å²) in [6.07, 6.45) is 3.44. The van der Waals surface area contributed by atoms with Gasteiger partial charge in [0.2, 0.25) is 11.7 Å². The molecule has 2 aromatic heterocycles. The molecule has 9 heteroatoms. The van der Waals surface area contributed by atoms with Gasteiger partial charge in [0.15, 0.2) is 5.82 Å². The highest BCUT2D eigenvalue weighted by molar-refractivity contribution is 5.75. The molecular formula is C12H17N7O2. The maximum atomic E-state index is 11.9. The van der Waals surface area contributed by atoms with Crippen LogP contribution in [0.1, 0.15) is 38.6 Å². The molecule has 3 N–H and O–H groups in total. The first-order chi connectivity index (χ1) is 10.1. The van der Waals surface area contributed by atoms with Crippen molar-refractivity contribution < 1.29 is 9.32 Å². The lowest BCUT2D eigenvalue weighted by molar-refractivity contribution is 0.224. The van der Waals surface area contributed by atoms with Crippen LogP contribution in [0.15, 0.2) is 10.9 Å². The molecule has 21 heavy (non-hydrogen) atoms. The number of H-pyrrole nitrogens is 1. The van der Waals surface area contributed by atoms with Crippen LogP contribution in [-0.4, -0.2) is 37.4 Å². The van der Waals surface area contributed by atoms with Crippen molar-refractivity contribution in [3.8, 4) is 11.6 Å². The average molecular weight is 291 g/mol. The van der Waals surface area contributed by atoms with Crippen LogP contribution in [0, 0.1) is 5.92 Å². The minimum Gasteiger partial charge on any atom is -0.337 e.